The maximum absolute atomic E-state index is 12.9. The molecule has 1 aliphatic heterocycles. The van der Waals surface area contributed by atoms with Gasteiger partial charge in [0.2, 0.25) is 5.91 Å². The summed E-state index contributed by atoms with van der Waals surface area (Å²) in [5.41, 5.74) is 2.58. The van der Waals surface area contributed by atoms with Gasteiger partial charge in [-0.05, 0) is 80.7 Å². The number of allylic oxidation sites excluding steroid dienone is 4. The van der Waals surface area contributed by atoms with E-state index >= 15 is 0 Å². The third kappa shape index (κ3) is 4.11. The Labute approximate surface area is 226 Å². The highest BCUT2D eigenvalue weighted by Crippen LogP contribution is 2.52. The number of carbonyl (C=O) groups excluding carboxylic acids is 2. The molecule has 0 bridgehead atoms. The van der Waals surface area contributed by atoms with Crippen molar-refractivity contribution in [2.75, 3.05) is 11.4 Å². The van der Waals surface area contributed by atoms with Gasteiger partial charge >= 0.3 is 0 Å². The Bertz CT molecular complexity index is 1430. The molecule has 3 aliphatic carbocycles. The lowest BCUT2D eigenvalue weighted by Crippen LogP contribution is -2.50. The number of fused-ring (bicyclic) bond motifs is 1. The average Bonchev–Trinajstić information content (AvgIpc) is 3.32. The van der Waals surface area contributed by atoms with Crippen LogP contribution in [-0.4, -0.2) is 44.4 Å². The number of piperidine rings is 1. The first-order valence-corrected chi connectivity index (χ1v) is 13.5. The van der Waals surface area contributed by atoms with Crippen LogP contribution in [0.25, 0.3) is 0 Å². The molecule has 2 saturated carbocycles. The maximum atomic E-state index is 12.9. The lowest BCUT2D eigenvalue weighted by atomic mass is 9.58. The minimum Gasteiger partial charge on any atom is -0.348 e. The summed E-state index contributed by atoms with van der Waals surface area (Å²) in [6, 6.07) is 4.19. The molecule has 1 saturated heterocycles. The van der Waals surface area contributed by atoms with Crippen LogP contribution in [0.5, 0.6) is 0 Å². The van der Waals surface area contributed by atoms with Gasteiger partial charge in [0.15, 0.2) is 5.69 Å². The van der Waals surface area contributed by atoms with Crippen molar-refractivity contribution in [3.8, 4) is 6.07 Å². The Morgan fingerprint density at radius 2 is 2.11 bits per heavy atom. The fraction of sp³-hybridized carbons (Fsp3) is 0.500. The maximum Gasteiger partial charge on any atom is 0.273 e. The van der Waals surface area contributed by atoms with Gasteiger partial charge in [0, 0.05) is 40.7 Å². The van der Waals surface area contributed by atoms with Crippen LogP contribution in [0.15, 0.2) is 41.2 Å². The van der Waals surface area contributed by atoms with Crippen LogP contribution in [0.1, 0.15) is 67.2 Å². The van der Waals surface area contributed by atoms with E-state index in [9.17, 15) is 14.9 Å². The van der Waals surface area contributed by atoms with Crippen LogP contribution in [0.2, 0.25) is 0 Å². The third-order valence-corrected chi connectivity index (χ3v) is 9.21. The molecule has 1 N–H and O–H groups in total. The molecule has 10 heteroatoms. The predicted molar refractivity (Wildman–Crippen MR) is 141 cm³/mol. The molecule has 196 valence electrons. The van der Waals surface area contributed by atoms with E-state index in [2.05, 4.69) is 33.6 Å². The summed E-state index contributed by atoms with van der Waals surface area (Å²) in [4.78, 5) is 31.8. The summed E-state index contributed by atoms with van der Waals surface area (Å²) in [5.74, 6) is 1.62. The number of nitrogens with zero attached hydrogens (tertiary/aromatic N) is 6. The molecular weight excluding hydrogens is 502 g/mol. The number of aryl methyl sites for hydroxylation is 1. The molecule has 0 radical (unpaired) electrons. The van der Waals surface area contributed by atoms with Crippen LogP contribution in [0.3, 0.4) is 0 Å². The van der Waals surface area contributed by atoms with E-state index in [1.54, 1.807) is 23.2 Å². The average molecular weight is 532 g/mol. The summed E-state index contributed by atoms with van der Waals surface area (Å²) in [5, 5.41) is 21.7. The molecule has 1 unspecified atom stereocenters. The first kappa shape index (κ1) is 24.8. The van der Waals surface area contributed by atoms with Crippen LogP contribution in [0.4, 0.5) is 5.82 Å². The van der Waals surface area contributed by atoms with E-state index in [-0.39, 0.29) is 46.8 Å². The Hall–Kier alpha value is -3.51. The van der Waals surface area contributed by atoms with Crippen molar-refractivity contribution in [1.82, 2.24) is 25.3 Å². The molecule has 0 aromatic carbocycles. The van der Waals surface area contributed by atoms with E-state index in [0.717, 1.165) is 53.4 Å². The molecule has 2 aromatic rings. The van der Waals surface area contributed by atoms with E-state index in [0.29, 0.717) is 12.3 Å². The summed E-state index contributed by atoms with van der Waals surface area (Å²) in [6.07, 6.45) is 10.3. The third-order valence-electron chi connectivity index (χ3n) is 8.95. The second-order valence-corrected chi connectivity index (χ2v) is 11.9. The van der Waals surface area contributed by atoms with Crippen molar-refractivity contribution in [3.63, 3.8) is 0 Å². The molecule has 4 atom stereocenters. The summed E-state index contributed by atoms with van der Waals surface area (Å²) in [6.45, 7) is 6.79. The van der Waals surface area contributed by atoms with Crippen LogP contribution in [-0.2, 0) is 4.79 Å². The highest BCUT2D eigenvalue weighted by atomic mass is 35.5. The number of hydrogen-bond acceptors (Lipinski definition) is 6. The molecular formula is C28H30ClN7O2. The van der Waals surface area contributed by atoms with Crippen molar-refractivity contribution >= 4 is 29.2 Å². The van der Waals surface area contributed by atoms with Crippen molar-refractivity contribution in [1.29, 1.82) is 5.26 Å². The van der Waals surface area contributed by atoms with Crippen LogP contribution >= 0.6 is 11.6 Å². The standard InChI is InChI=1S/C28H30ClN7O2/c1-15-6-17(12-31-25(15)35-13-18-7-23(18)27(35)38)16(2)36-14-24(33-34-36)26(37)32-22-8-20(9-22)28(3)10-21(29)5-4-19(28)11-30/h4-6,12,14,16,18,20,22-23H,7-10,13H2,1-3H3,(H,32,37)/t16-,18+,20-,22+,23+,28?/m0/s1. The molecule has 3 heterocycles. The summed E-state index contributed by atoms with van der Waals surface area (Å²) >= 11 is 6.28. The zero-order valence-electron chi connectivity index (χ0n) is 21.7. The number of hydrogen-bond donors (Lipinski definition) is 1. The SMILES string of the molecule is Cc1cc([C@H](C)n2cc(C(=O)N[C@H]3C[C@@H](C4(C)CC(Cl)=CC=C4C#N)C3)nn2)cnc1N1C[C@H]2C[C@H]2C1=O. The van der Waals surface area contributed by atoms with Gasteiger partial charge in [0.1, 0.15) is 5.82 Å². The molecule has 9 nitrogen and oxygen atoms in total. The van der Waals surface area contributed by atoms with Crippen molar-refractivity contribution in [3.05, 3.63) is 58.0 Å². The molecule has 3 fully saturated rings. The smallest absolute Gasteiger partial charge is 0.273 e. The van der Waals surface area contributed by atoms with Crippen molar-refractivity contribution in [2.24, 2.45) is 23.2 Å². The summed E-state index contributed by atoms with van der Waals surface area (Å²) < 4.78 is 1.66. The Balaban J connectivity index is 1.07. The van der Waals surface area contributed by atoms with Gasteiger partial charge in [0.05, 0.1) is 18.3 Å². The Morgan fingerprint density at radius 3 is 2.79 bits per heavy atom. The van der Waals surface area contributed by atoms with Crippen LogP contribution in [0, 0.1) is 41.4 Å². The van der Waals surface area contributed by atoms with Gasteiger partial charge in [-0.1, -0.05) is 23.7 Å². The second-order valence-electron chi connectivity index (χ2n) is 11.5. The Morgan fingerprint density at radius 1 is 1.32 bits per heavy atom. The fourth-order valence-corrected chi connectivity index (χ4v) is 6.54. The first-order chi connectivity index (χ1) is 18.2. The lowest BCUT2D eigenvalue weighted by Gasteiger charge is -2.48. The van der Waals surface area contributed by atoms with Gasteiger partial charge in [-0.2, -0.15) is 5.26 Å². The highest BCUT2D eigenvalue weighted by molar-refractivity contribution is 6.29. The number of anilines is 1. The number of carbonyl (C=O) groups is 2. The minimum absolute atomic E-state index is 0.0234. The topological polar surface area (TPSA) is 117 Å². The highest BCUT2D eigenvalue weighted by Gasteiger charge is 2.53. The first-order valence-electron chi connectivity index (χ1n) is 13.2. The predicted octanol–water partition coefficient (Wildman–Crippen LogP) is 4.06. The number of nitrogens with one attached hydrogen (secondary N) is 1. The van der Waals surface area contributed by atoms with Gasteiger partial charge < -0.3 is 5.32 Å². The van der Waals surface area contributed by atoms with Gasteiger partial charge in [-0.15, -0.1) is 5.10 Å². The number of halogens is 1. The molecule has 38 heavy (non-hydrogen) atoms. The molecule has 2 amide bonds. The summed E-state index contributed by atoms with van der Waals surface area (Å²) in [7, 11) is 0. The normalized spacial score (nSPS) is 30.5. The number of nitriles is 1. The van der Waals surface area contributed by atoms with Crippen molar-refractivity contribution in [2.45, 2.75) is 58.5 Å². The number of pyridine rings is 1. The molecule has 6 rings (SSSR count). The molecule has 0 spiro atoms. The number of aromatic nitrogens is 4. The largest absolute Gasteiger partial charge is 0.348 e. The van der Waals surface area contributed by atoms with E-state index in [1.165, 1.54) is 0 Å². The van der Waals surface area contributed by atoms with E-state index < -0.39 is 0 Å². The zero-order valence-corrected chi connectivity index (χ0v) is 22.4. The Kier molecular flexibility index (Phi) is 5.91. The number of amides is 2. The minimum atomic E-state index is -0.301. The molecule has 4 aliphatic rings. The van der Waals surface area contributed by atoms with Gasteiger partial charge in [0.25, 0.3) is 5.91 Å². The fourth-order valence-electron chi connectivity index (χ4n) is 6.20. The second kappa shape index (κ2) is 9.05. The van der Waals surface area contributed by atoms with Crippen molar-refractivity contribution < 1.29 is 9.59 Å². The van der Waals surface area contributed by atoms with Gasteiger partial charge in [-0.25, -0.2) is 9.67 Å². The van der Waals surface area contributed by atoms with Gasteiger partial charge in [-0.3, -0.25) is 14.5 Å². The van der Waals surface area contributed by atoms with E-state index in [1.807, 2.05) is 30.9 Å². The monoisotopic (exact) mass is 531 g/mol. The zero-order chi connectivity index (χ0) is 26.8. The van der Waals surface area contributed by atoms with E-state index in [4.69, 9.17) is 11.6 Å². The molecule has 2 aromatic heterocycles. The van der Waals surface area contributed by atoms with Crippen LogP contribution < -0.4 is 10.2 Å². The quantitative estimate of drug-likeness (QED) is 0.600. The lowest BCUT2D eigenvalue weighted by molar-refractivity contribution is -0.118. The number of rotatable bonds is 6.